The van der Waals surface area contributed by atoms with Gasteiger partial charge in [0.2, 0.25) is 11.7 Å². The zero-order valence-electron chi connectivity index (χ0n) is 13.5. The van der Waals surface area contributed by atoms with Crippen molar-refractivity contribution >= 4 is 29.0 Å². The van der Waals surface area contributed by atoms with Crippen molar-refractivity contribution in [1.82, 2.24) is 0 Å². The summed E-state index contributed by atoms with van der Waals surface area (Å²) in [7, 11) is 0. The number of nitro groups is 1. The standard InChI is InChI=1S/C17H17FN2O3S/c1-10-4-7-16(11(2)8-10)24-12(3)17(21)19-13-5-6-14(18)15(9-13)20(22)23/h4-9,12H,1-3H3,(H,19,21)/t12-/m1/s1. The van der Waals surface area contributed by atoms with Gasteiger partial charge in [-0.1, -0.05) is 17.7 Å². The maximum absolute atomic E-state index is 13.3. The number of anilines is 1. The van der Waals surface area contributed by atoms with Crippen LogP contribution in [0.4, 0.5) is 15.8 Å². The van der Waals surface area contributed by atoms with Crippen molar-refractivity contribution in [3.63, 3.8) is 0 Å². The van der Waals surface area contributed by atoms with Crippen molar-refractivity contribution in [2.45, 2.75) is 30.9 Å². The van der Waals surface area contributed by atoms with Crippen molar-refractivity contribution in [3.05, 3.63) is 63.5 Å². The molecule has 0 heterocycles. The van der Waals surface area contributed by atoms with Crippen molar-refractivity contribution < 1.29 is 14.1 Å². The van der Waals surface area contributed by atoms with E-state index in [0.29, 0.717) is 0 Å². The summed E-state index contributed by atoms with van der Waals surface area (Å²) in [6.45, 7) is 5.72. The summed E-state index contributed by atoms with van der Waals surface area (Å²) in [5.41, 5.74) is 1.76. The van der Waals surface area contributed by atoms with Gasteiger partial charge in [0.1, 0.15) is 0 Å². The van der Waals surface area contributed by atoms with Crippen LogP contribution in [0.3, 0.4) is 0 Å². The van der Waals surface area contributed by atoms with E-state index in [0.717, 1.165) is 28.2 Å². The highest BCUT2D eigenvalue weighted by atomic mass is 32.2. The second-order valence-electron chi connectivity index (χ2n) is 5.44. The van der Waals surface area contributed by atoms with E-state index in [-0.39, 0.29) is 11.6 Å². The highest BCUT2D eigenvalue weighted by Gasteiger charge is 2.19. The summed E-state index contributed by atoms with van der Waals surface area (Å²) in [6.07, 6.45) is 0. The Labute approximate surface area is 143 Å². The number of benzene rings is 2. The van der Waals surface area contributed by atoms with E-state index in [9.17, 15) is 19.3 Å². The van der Waals surface area contributed by atoms with E-state index in [1.807, 2.05) is 32.0 Å². The Morgan fingerprint density at radius 2 is 1.96 bits per heavy atom. The molecule has 1 N–H and O–H groups in total. The molecule has 2 rings (SSSR count). The average molecular weight is 348 g/mol. The highest BCUT2D eigenvalue weighted by molar-refractivity contribution is 8.00. The van der Waals surface area contributed by atoms with Gasteiger partial charge < -0.3 is 5.32 Å². The molecule has 0 saturated carbocycles. The average Bonchev–Trinajstić information content (AvgIpc) is 2.51. The van der Waals surface area contributed by atoms with E-state index in [1.54, 1.807) is 6.92 Å². The monoisotopic (exact) mass is 348 g/mol. The fraction of sp³-hybridized carbons (Fsp3) is 0.235. The predicted octanol–water partition coefficient (Wildman–Crippen LogP) is 4.47. The van der Waals surface area contributed by atoms with Gasteiger partial charge in [-0.05, 0) is 44.5 Å². The molecule has 1 atom stereocenters. The number of rotatable bonds is 5. The number of carbonyl (C=O) groups excluding carboxylic acids is 1. The van der Waals surface area contributed by atoms with Crippen LogP contribution in [0.2, 0.25) is 0 Å². The molecule has 7 heteroatoms. The number of aryl methyl sites for hydroxylation is 2. The molecular weight excluding hydrogens is 331 g/mol. The lowest BCUT2D eigenvalue weighted by Crippen LogP contribution is -2.22. The summed E-state index contributed by atoms with van der Waals surface area (Å²) in [5.74, 6) is -1.24. The second-order valence-corrected chi connectivity index (χ2v) is 6.82. The van der Waals surface area contributed by atoms with Crippen molar-refractivity contribution in [2.75, 3.05) is 5.32 Å². The van der Waals surface area contributed by atoms with Gasteiger partial charge in [0.05, 0.1) is 10.2 Å². The van der Waals surface area contributed by atoms with E-state index in [2.05, 4.69) is 5.32 Å². The molecule has 0 spiro atoms. The molecule has 0 aromatic heterocycles. The van der Waals surface area contributed by atoms with Gasteiger partial charge in [0.25, 0.3) is 0 Å². The van der Waals surface area contributed by atoms with E-state index >= 15 is 0 Å². The molecule has 0 radical (unpaired) electrons. The first-order valence-electron chi connectivity index (χ1n) is 7.26. The minimum absolute atomic E-state index is 0.196. The van der Waals surface area contributed by atoms with Gasteiger partial charge in [0.15, 0.2) is 0 Å². The normalized spacial score (nSPS) is 11.8. The minimum atomic E-state index is -0.935. The Bertz CT molecular complexity index is 795. The molecule has 0 unspecified atom stereocenters. The third-order valence-electron chi connectivity index (χ3n) is 3.41. The summed E-state index contributed by atoms with van der Waals surface area (Å²) >= 11 is 1.40. The van der Waals surface area contributed by atoms with Crippen LogP contribution in [0.1, 0.15) is 18.1 Å². The van der Waals surface area contributed by atoms with Crippen LogP contribution < -0.4 is 5.32 Å². The number of nitro benzene ring substituents is 1. The summed E-state index contributed by atoms with van der Waals surface area (Å²) in [5, 5.41) is 12.9. The van der Waals surface area contributed by atoms with Crippen molar-refractivity contribution in [3.8, 4) is 0 Å². The second kappa shape index (κ2) is 7.44. The Morgan fingerprint density at radius 3 is 2.58 bits per heavy atom. The van der Waals surface area contributed by atoms with E-state index in [4.69, 9.17) is 0 Å². The predicted molar refractivity (Wildman–Crippen MR) is 92.9 cm³/mol. The molecule has 0 aliphatic rings. The molecule has 0 saturated heterocycles. The minimum Gasteiger partial charge on any atom is -0.325 e. The molecular formula is C17H17FN2O3S. The third kappa shape index (κ3) is 4.32. The first-order valence-corrected chi connectivity index (χ1v) is 8.14. The zero-order chi connectivity index (χ0) is 17.9. The molecule has 2 aromatic rings. The Kier molecular flexibility index (Phi) is 5.56. The summed E-state index contributed by atoms with van der Waals surface area (Å²) in [6, 6.07) is 9.26. The fourth-order valence-electron chi connectivity index (χ4n) is 2.15. The van der Waals surface area contributed by atoms with Crippen LogP contribution in [-0.4, -0.2) is 16.1 Å². The Morgan fingerprint density at radius 1 is 1.25 bits per heavy atom. The quantitative estimate of drug-likeness (QED) is 0.491. The van der Waals surface area contributed by atoms with Gasteiger partial charge >= 0.3 is 5.69 Å². The number of amides is 1. The van der Waals surface area contributed by atoms with E-state index < -0.39 is 21.7 Å². The summed E-state index contributed by atoms with van der Waals surface area (Å²) in [4.78, 5) is 23.2. The third-order valence-corrected chi connectivity index (χ3v) is 4.69. The van der Waals surface area contributed by atoms with Crippen molar-refractivity contribution in [1.29, 1.82) is 0 Å². The topological polar surface area (TPSA) is 72.2 Å². The number of nitrogens with zero attached hydrogens (tertiary/aromatic N) is 1. The first kappa shape index (κ1) is 17.9. The van der Waals surface area contributed by atoms with Gasteiger partial charge in [-0.15, -0.1) is 11.8 Å². The number of thioether (sulfide) groups is 1. The van der Waals surface area contributed by atoms with Crippen LogP contribution in [0.15, 0.2) is 41.3 Å². The first-order chi connectivity index (χ1) is 11.3. The number of hydrogen-bond donors (Lipinski definition) is 1. The Hall–Kier alpha value is -2.41. The van der Waals surface area contributed by atoms with Gasteiger partial charge in [-0.3, -0.25) is 14.9 Å². The van der Waals surface area contributed by atoms with Crippen LogP contribution in [0.5, 0.6) is 0 Å². The molecule has 5 nitrogen and oxygen atoms in total. The van der Waals surface area contributed by atoms with Gasteiger partial charge in [0, 0.05) is 16.6 Å². The fourth-order valence-corrected chi connectivity index (χ4v) is 3.09. The lowest BCUT2D eigenvalue weighted by Gasteiger charge is -2.14. The van der Waals surface area contributed by atoms with E-state index in [1.165, 1.54) is 17.8 Å². The molecule has 126 valence electrons. The van der Waals surface area contributed by atoms with Crippen LogP contribution in [0, 0.1) is 29.8 Å². The maximum atomic E-state index is 13.3. The highest BCUT2D eigenvalue weighted by Crippen LogP contribution is 2.28. The number of hydrogen-bond acceptors (Lipinski definition) is 4. The molecule has 0 bridgehead atoms. The largest absolute Gasteiger partial charge is 0.325 e. The van der Waals surface area contributed by atoms with Gasteiger partial charge in [-0.2, -0.15) is 4.39 Å². The molecule has 0 aliphatic heterocycles. The molecule has 0 fully saturated rings. The number of halogens is 1. The number of carbonyl (C=O) groups is 1. The smallest absolute Gasteiger partial charge is 0.306 e. The lowest BCUT2D eigenvalue weighted by atomic mass is 10.2. The van der Waals surface area contributed by atoms with Crippen LogP contribution in [0.25, 0.3) is 0 Å². The van der Waals surface area contributed by atoms with Crippen molar-refractivity contribution in [2.24, 2.45) is 0 Å². The lowest BCUT2D eigenvalue weighted by molar-refractivity contribution is -0.387. The SMILES string of the molecule is Cc1ccc(S[C@H](C)C(=O)Nc2ccc(F)c([N+](=O)[O-])c2)c(C)c1. The summed E-state index contributed by atoms with van der Waals surface area (Å²) < 4.78 is 13.3. The Balaban J connectivity index is 2.09. The maximum Gasteiger partial charge on any atom is 0.306 e. The number of nitrogens with one attached hydrogen (secondary N) is 1. The zero-order valence-corrected chi connectivity index (χ0v) is 14.3. The van der Waals surface area contributed by atoms with Gasteiger partial charge in [-0.25, -0.2) is 0 Å². The molecule has 0 aliphatic carbocycles. The van der Waals surface area contributed by atoms with Crippen LogP contribution in [-0.2, 0) is 4.79 Å². The molecule has 1 amide bonds. The molecule has 24 heavy (non-hydrogen) atoms. The van der Waals surface area contributed by atoms with Crippen LogP contribution >= 0.6 is 11.8 Å². The molecule has 2 aromatic carbocycles.